The predicted octanol–water partition coefficient (Wildman–Crippen LogP) is 2.06. The Hall–Kier alpha value is -1.64. The molecule has 0 amide bonds. The second-order valence-corrected chi connectivity index (χ2v) is 5.05. The second-order valence-electron chi connectivity index (χ2n) is 5.05. The van der Waals surface area contributed by atoms with Crippen molar-refractivity contribution in [2.75, 3.05) is 20.1 Å². The molecule has 0 bridgehead atoms. The Morgan fingerprint density at radius 2 is 2.14 bits per heavy atom. The van der Waals surface area contributed by atoms with E-state index in [1.54, 1.807) is 18.7 Å². The van der Waals surface area contributed by atoms with E-state index in [9.17, 15) is 0 Å². The molecule has 0 aliphatic carbocycles. The Morgan fingerprint density at radius 1 is 1.32 bits per heavy atom. The van der Waals surface area contributed by atoms with Crippen LogP contribution in [0.1, 0.15) is 18.4 Å². The molecule has 1 aliphatic rings. The lowest BCUT2D eigenvalue weighted by atomic mass is 10.2. The highest BCUT2D eigenvalue weighted by Gasteiger charge is 2.16. The van der Waals surface area contributed by atoms with Gasteiger partial charge in [0.15, 0.2) is 5.96 Å². The molecule has 7 heteroatoms. The Kier molecular flexibility index (Phi) is 6.17. The quantitative estimate of drug-likeness (QED) is 0.477. The number of nitrogens with one attached hydrogen (secondary N) is 1. The largest absolute Gasteiger partial charge is 0.352 e. The van der Waals surface area contributed by atoms with Crippen LogP contribution in [-0.4, -0.2) is 45.5 Å². The summed E-state index contributed by atoms with van der Waals surface area (Å²) in [7, 11) is 1.83. The van der Waals surface area contributed by atoms with Crippen LogP contribution in [0.5, 0.6) is 0 Å². The van der Waals surface area contributed by atoms with Crippen LogP contribution in [0.4, 0.5) is 0 Å². The first-order valence-electron chi connectivity index (χ1n) is 7.26. The van der Waals surface area contributed by atoms with Crippen LogP contribution in [0.3, 0.4) is 0 Å². The molecule has 3 rings (SSSR count). The van der Waals surface area contributed by atoms with E-state index in [-0.39, 0.29) is 24.0 Å². The highest BCUT2D eigenvalue weighted by Crippen LogP contribution is 2.12. The number of guanidine groups is 1. The van der Waals surface area contributed by atoms with Gasteiger partial charge >= 0.3 is 0 Å². The molecule has 0 atom stereocenters. The average Bonchev–Trinajstić information content (AvgIpc) is 3.22. The lowest BCUT2D eigenvalue weighted by Gasteiger charge is -2.21. The third-order valence-electron chi connectivity index (χ3n) is 3.67. The van der Waals surface area contributed by atoms with E-state index in [1.165, 1.54) is 12.8 Å². The Labute approximate surface area is 147 Å². The number of aliphatic imine (C=N–C) groups is 1. The van der Waals surface area contributed by atoms with Gasteiger partial charge in [-0.1, -0.05) is 6.07 Å². The van der Waals surface area contributed by atoms with Crippen molar-refractivity contribution in [2.45, 2.75) is 19.4 Å². The summed E-state index contributed by atoms with van der Waals surface area (Å²) in [5.41, 5.74) is 1.12. The molecular formula is C15H21IN6. The van der Waals surface area contributed by atoms with Crippen molar-refractivity contribution in [1.82, 2.24) is 24.8 Å². The number of nitrogens with zero attached hydrogens (tertiary/aromatic N) is 5. The molecule has 0 saturated carbocycles. The number of likely N-dealkylation sites (tertiary alicyclic amines) is 1. The molecule has 6 nitrogen and oxygen atoms in total. The molecule has 1 fully saturated rings. The van der Waals surface area contributed by atoms with Crippen LogP contribution in [0.25, 0.3) is 5.82 Å². The van der Waals surface area contributed by atoms with Crippen molar-refractivity contribution >= 4 is 29.9 Å². The fourth-order valence-electron chi connectivity index (χ4n) is 2.62. The van der Waals surface area contributed by atoms with Gasteiger partial charge in [-0.3, -0.25) is 9.56 Å². The van der Waals surface area contributed by atoms with Gasteiger partial charge in [0.1, 0.15) is 12.1 Å². The van der Waals surface area contributed by atoms with Gasteiger partial charge in [-0.2, -0.15) is 0 Å². The molecule has 118 valence electrons. The molecule has 0 radical (unpaired) electrons. The van der Waals surface area contributed by atoms with E-state index < -0.39 is 0 Å². The van der Waals surface area contributed by atoms with Crippen molar-refractivity contribution in [3.8, 4) is 5.82 Å². The first-order valence-corrected chi connectivity index (χ1v) is 7.26. The van der Waals surface area contributed by atoms with Crippen LogP contribution in [0, 0.1) is 0 Å². The summed E-state index contributed by atoms with van der Waals surface area (Å²) in [6.45, 7) is 2.87. The molecule has 3 heterocycles. The van der Waals surface area contributed by atoms with Gasteiger partial charge in [-0.15, -0.1) is 24.0 Å². The van der Waals surface area contributed by atoms with Gasteiger partial charge in [0.05, 0.1) is 0 Å². The zero-order valence-corrected chi connectivity index (χ0v) is 15.0. The Morgan fingerprint density at radius 3 is 2.82 bits per heavy atom. The molecular weight excluding hydrogens is 391 g/mol. The molecule has 1 aliphatic heterocycles. The Bertz CT molecular complexity index is 604. The van der Waals surface area contributed by atoms with Crippen molar-refractivity contribution in [2.24, 2.45) is 4.99 Å². The van der Waals surface area contributed by atoms with E-state index in [1.807, 2.05) is 23.9 Å². The van der Waals surface area contributed by atoms with Gasteiger partial charge in [-0.05, 0) is 18.9 Å². The van der Waals surface area contributed by atoms with Crippen molar-refractivity contribution in [3.05, 3.63) is 42.6 Å². The summed E-state index contributed by atoms with van der Waals surface area (Å²) in [5.74, 6) is 1.87. The third kappa shape index (κ3) is 3.76. The van der Waals surface area contributed by atoms with Crippen LogP contribution in [-0.2, 0) is 6.54 Å². The lowest BCUT2D eigenvalue weighted by Crippen LogP contribution is -2.39. The summed E-state index contributed by atoms with van der Waals surface area (Å²) >= 11 is 0. The first-order chi connectivity index (χ1) is 10.4. The normalized spacial score (nSPS) is 14.8. The molecule has 0 unspecified atom stereocenters. The number of hydrogen-bond acceptors (Lipinski definition) is 3. The second kappa shape index (κ2) is 8.11. The zero-order valence-electron chi connectivity index (χ0n) is 12.6. The number of hydrogen-bond donors (Lipinski definition) is 1. The van der Waals surface area contributed by atoms with Crippen LogP contribution < -0.4 is 5.32 Å². The average molecular weight is 412 g/mol. The van der Waals surface area contributed by atoms with Crippen LogP contribution in [0.15, 0.2) is 42.0 Å². The predicted molar refractivity (Wildman–Crippen MR) is 97.8 cm³/mol. The number of halogens is 1. The highest BCUT2D eigenvalue weighted by molar-refractivity contribution is 14.0. The smallest absolute Gasteiger partial charge is 0.193 e. The number of rotatable bonds is 3. The molecule has 0 spiro atoms. The minimum absolute atomic E-state index is 0. The van der Waals surface area contributed by atoms with Gasteiger partial charge < -0.3 is 10.2 Å². The zero-order chi connectivity index (χ0) is 14.5. The van der Waals surface area contributed by atoms with Gasteiger partial charge in [-0.25, -0.2) is 9.97 Å². The lowest BCUT2D eigenvalue weighted by molar-refractivity contribution is 0.493. The summed E-state index contributed by atoms with van der Waals surface area (Å²) in [6.07, 6.45) is 9.72. The maximum Gasteiger partial charge on any atom is 0.193 e. The topological polar surface area (TPSA) is 58.3 Å². The molecule has 22 heavy (non-hydrogen) atoms. The minimum Gasteiger partial charge on any atom is -0.352 e. The van der Waals surface area contributed by atoms with E-state index >= 15 is 0 Å². The fraction of sp³-hybridized carbons (Fsp3) is 0.400. The monoisotopic (exact) mass is 412 g/mol. The van der Waals surface area contributed by atoms with Crippen LogP contribution >= 0.6 is 24.0 Å². The van der Waals surface area contributed by atoms with Gasteiger partial charge in [0, 0.05) is 50.8 Å². The summed E-state index contributed by atoms with van der Waals surface area (Å²) < 4.78 is 1.93. The maximum atomic E-state index is 4.45. The fourth-order valence-corrected chi connectivity index (χ4v) is 2.62. The van der Waals surface area contributed by atoms with Crippen molar-refractivity contribution in [3.63, 3.8) is 0 Å². The molecule has 0 aromatic carbocycles. The third-order valence-corrected chi connectivity index (χ3v) is 3.67. The summed E-state index contributed by atoms with van der Waals surface area (Å²) in [4.78, 5) is 15.2. The standard InChI is InChI=1S/C15H20N6.HI/c1-16-15(20-8-2-3-9-20)19-11-13-5-4-6-18-14(13)21-10-7-17-12-21;/h4-7,10,12H,2-3,8-9,11H2,1H3,(H,16,19);1H. The summed E-state index contributed by atoms with van der Waals surface area (Å²) in [6, 6.07) is 4.03. The molecule has 1 saturated heterocycles. The van der Waals surface area contributed by atoms with E-state index in [4.69, 9.17) is 0 Å². The first kappa shape index (κ1) is 16.7. The van der Waals surface area contributed by atoms with E-state index in [0.717, 1.165) is 30.4 Å². The minimum atomic E-state index is 0. The molecule has 2 aromatic heterocycles. The number of imidazole rings is 1. The SMILES string of the molecule is CN=C(NCc1cccnc1-n1ccnc1)N1CCCC1.I. The maximum absolute atomic E-state index is 4.45. The van der Waals surface area contributed by atoms with Crippen molar-refractivity contribution in [1.29, 1.82) is 0 Å². The number of pyridine rings is 1. The van der Waals surface area contributed by atoms with E-state index in [0.29, 0.717) is 6.54 Å². The van der Waals surface area contributed by atoms with Crippen molar-refractivity contribution < 1.29 is 0 Å². The number of aromatic nitrogens is 3. The molecule has 2 aromatic rings. The van der Waals surface area contributed by atoms with Gasteiger partial charge in [0.25, 0.3) is 0 Å². The Balaban J connectivity index is 0.00000176. The van der Waals surface area contributed by atoms with Crippen LogP contribution in [0.2, 0.25) is 0 Å². The van der Waals surface area contributed by atoms with Gasteiger partial charge in [0.2, 0.25) is 0 Å². The van der Waals surface area contributed by atoms with E-state index in [2.05, 4.69) is 31.2 Å². The highest BCUT2D eigenvalue weighted by atomic mass is 127. The molecule has 1 N–H and O–H groups in total. The summed E-state index contributed by atoms with van der Waals surface area (Å²) in [5, 5.41) is 3.43.